The Bertz CT molecular complexity index is 405. The van der Waals surface area contributed by atoms with Crippen LogP contribution in [0.2, 0.25) is 0 Å². The van der Waals surface area contributed by atoms with E-state index in [0.29, 0.717) is 6.42 Å². The third-order valence-corrected chi connectivity index (χ3v) is 3.15. The van der Waals surface area contributed by atoms with Crippen molar-refractivity contribution in [2.75, 3.05) is 25.5 Å². The van der Waals surface area contributed by atoms with Gasteiger partial charge in [0.25, 0.3) is 0 Å². The van der Waals surface area contributed by atoms with Crippen LogP contribution in [0.3, 0.4) is 0 Å². The normalized spacial score (nSPS) is 13.4. The zero-order valence-electron chi connectivity index (χ0n) is 11.9. The van der Waals surface area contributed by atoms with Gasteiger partial charge >= 0.3 is 0 Å². The fourth-order valence-corrected chi connectivity index (χ4v) is 1.78. The molecule has 1 amide bonds. The molecule has 0 heterocycles. The molecule has 1 aliphatic rings. The highest BCUT2D eigenvalue weighted by atomic mass is 35.5. The summed E-state index contributed by atoms with van der Waals surface area (Å²) in [7, 11) is 1.89. The topological polar surface area (TPSA) is 50.4 Å². The Labute approximate surface area is 126 Å². The first-order valence-corrected chi connectivity index (χ1v) is 6.95. The first-order chi connectivity index (χ1) is 9.28. The van der Waals surface area contributed by atoms with Gasteiger partial charge in [0, 0.05) is 12.1 Å². The summed E-state index contributed by atoms with van der Waals surface area (Å²) in [6.45, 7) is 1.68. The Hall–Kier alpha value is -1.26. The highest BCUT2D eigenvalue weighted by molar-refractivity contribution is 5.90. The number of amides is 1. The van der Waals surface area contributed by atoms with Gasteiger partial charge in [-0.1, -0.05) is 0 Å². The molecule has 4 nitrogen and oxygen atoms in total. The minimum absolute atomic E-state index is 0. The van der Waals surface area contributed by atoms with Crippen molar-refractivity contribution in [3.8, 4) is 5.75 Å². The fraction of sp³-hybridized carbons (Fsp3) is 0.533. The molecule has 0 aliphatic heterocycles. The first kappa shape index (κ1) is 16.8. The van der Waals surface area contributed by atoms with Crippen LogP contribution in [0.1, 0.15) is 25.7 Å². The van der Waals surface area contributed by atoms with Crippen LogP contribution in [0.5, 0.6) is 5.75 Å². The third-order valence-electron chi connectivity index (χ3n) is 3.15. The molecule has 0 radical (unpaired) electrons. The zero-order valence-corrected chi connectivity index (χ0v) is 12.7. The van der Waals surface area contributed by atoms with Crippen LogP contribution >= 0.6 is 12.4 Å². The molecule has 0 unspecified atom stereocenters. The maximum atomic E-state index is 11.6. The number of ether oxygens (including phenoxy) is 1. The van der Waals surface area contributed by atoms with Crippen LogP contribution in [0.15, 0.2) is 24.3 Å². The molecule has 2 N–H and O–H groups in total. The monoisotopic (exact) mass is 298 g/mol. The second-order valence-electron chi connectivity index (χ2n) is 5.03. The van der Waals surface area contributed by atoms with Gasteiger partial charge in [0.05, 0.1) is 6.61 Å². The Morgan fingerprint density at radius 2 is 2.00 bits per heavy atom. The predicted molar refractivity (Wildman–Crippen MR) is 83.7 cm³/mol. The van der Waals surface area contributed by atoms with Crippen molar-refractivity contribution in [2.24, 2.45) is 5.92 Å². The predicted octanol–water partition coefficient (Wildman–Crippen LogP) is 2.84. The molecule has 1 saturated carbocycles. The van der Waals surface area contributed by atoms with Gasteiger partial charge in [-0.3, -0.25) is 4.79 Å². The van der Waals surface area contributed by atoms with Crippen molar-refractivity contribution in [3.05, 3.63) is 24.3 Å². The first-order valence-electron chi connectivity index (χ1n) is 6.95. The summed E-state index contributed by atoms with van der Waals surface area (Å²) in [4.78, 5) is 11.6. The van der Waals surface area contributed by atoms with E-state index in [9.17, 15) is 4.79 Å². The van der Waals surface area contributed by atoms with Crippen molar-refractivity contribution in [1.29, 1.82) is 0 Å². The van der Waals surface area contributed by atoms with E-state index >= 15 is 0 Å². The molecule has 5 heteroatoms. The summed E-state index contributed by atoms with van der Waals surface area (Å²) in [5.41, 5.74) is 0.827. The Morgan fingerprint density at radius 3 is 2.60 bits per heavy atom. The summed E-state index contributed by atoms with van der Waals surface area (Å²) in [6, 6.07) is 7.59. The van der Waals surface area contributed by atoms with Crippen molar-refractivity contribution in [3.63, 3.8) is 0 Å². The van der Waals surface area contributed by atoms with Crippen LogP contribution in [0.25, 0.3) is 0 Å². The molecule has 1 aliphatic carbocycles. The molecular formula is C15H23ClN2O2. The highest BCUT2D eigenvalue weighted by Crippen LogP contribution is 2.29. The van der Waals surface area contributed by atoms with Crippen LogP contribution in [-0.2, 0) is 4.79 Å². The van der Waals surface area contributed by atoms with E-state index in [2.05, 4.69) is 10.6 Å². The van der Waals surface area contributed by atoms with Gasteiger partial charge < -0.3 is 15.4 Å². The van der Waals surface area contributed by atoms with Crippen molar-refractivity contribution >= 4 is 24.0 Å². The molecule has 1 fully saturated rings. The van der Waals surface area contributed by atoms with Gasteiger partial charge in [0.2, 0.25) is 5.91 Å². The molecule has 0 atom stereocenters. The maximum absolute atomic E-state index is 11.6. The second-order valence-corrected chi connectivity index (χ2v) is 5.03. The molecule has 0 aromatic heterocycles. The molecule has 20 heavy (non-hydrogen) atoms. The Morgan fingerprint density at radius 1 is 1.30 bits per heavy atom. The van der Waals surface area contributed by atoms with E-state index in [1.54, 1.807) is 0 Å². The number of benzene rings is 1. The molecule has 1 aromatic carbocycles. The van der Waals surface area contributed by atoms with Crippen molar-refractivity contribution < 1.29 is 9.53 Å². The van der Waals surface area contributed by atoms with Gasteiger partial charge in [-0.2, -0.15) is 0 Å². The average molecular weight is 299 g/mol. The number of rotatable bonds is 8. The zero-order chi connectivity index (χ0) is 13.5. The molecule has 1 aromatic rings. The lowest BCUT2D eigenvalue weighted by molar-refractivity contribution is -0.116. The van der Waals surface area contributed by atoms with E-state index in [1.807, 2.05) is 31.3 Å². The lowest BCUT2D eigenvalue weighted by atomic mass is 10.2. The maximum Gasteiger partial charge on any atom is 0.224 e. The van der Waals surface area contributed by atoms with E-state index in [4.69, 9.17) is 4.74 Å². The molecule has 0 bridgehead atoms. The second kappa shape index (κ2) is 8.82. The smallest absolute Gasteiger partial charge is 0.224 e. The van der Waals surface area contributed by atoms with Crippen LogP contribution in [0.4, 0.5) is 5.69 Å². The summed E-state index contributed by atoms with van der Waals surface area (Å²) in [5, 5.41) is 5.91. The number of halogens is 1. The number of hydrogen-bond donors (Lipinski definition) is 2. The van der Waals surface area contributed by atoms with Crippen LogP contribution in [0, 0.1) is 5.92 Å². The van der Waals surface area contributed by atoms with Crippen molar-refractivity contribution in [1.82, 2.24) is 5.32 Å². The summed E-state index contributed by atoms with van der Waals surface area (Å²) < 4.78 is 5.65. The van der Waals surface area contributed by atoms with Crippen LogP contribution < -0.4 is 15.4 Å². The molecule has 112 valence electrons. The number of nitrogens with one attached hydrogen (secondary N) is 2. The van der Waals surface area contributed by atoms with Gasteiger partial charge in [-0.05, 0) is 63.0 Å². The van der Waals surface area contributed by atoms with E-state index < -0.39 is 0 Å². The quantitative estimate of drug-likeness (QED) is 0.726. The van der Waals surface area contributed by atoms with E-state index in [0.717, 1.165) is 36.9 Å². The molecule has 2 rings (SSSR count). The molecule has 0 spiro atoms. The SMILES string of the molecule is CNCCCC(=O)Nc1ccc(OCC2CC2)cc1.Cl. The van der Waals surface area contributed by atoms with Gasteiger partial charge in [0.15, 0.2) is 0 Å². The minimum Gasteiger partial charge on any atom is -0.493 e. The third kappa shape index (κ3) is 6.26. The number of carbonyl (C=O) groups excluding carboxylic acids is 1. The average Bonchev–Trinajstić information content (AvgIpc) is 3.22. The number of hydrogen-bond acceptors (Lipinski definition) is 3. The Kier molecular flexibility index (Phi) is 7.41. The fourth-order valence-electron chi connectivity index (χ4n) is 1.78. The summed E-state index contributed by atoms with van der Waals surface area (Å²) in [6.07, 6.45) is 3.98. The summed E-state index contributed by atoms with van der Waals surface area (Å²) >= 11 is 0. The van der Waals surface area contributed by atoms with Gasteiger partial charge in [0.1, 0.15) is 5.75 Å². The van der Waals surface area contributed by atoms with Crippen molar-refractivity contribution in [2.45, 2.75) is 25.7 Å². The van der Waals surface area contributed by atoms with Gasteiger partial charge in [-0.15, -0.1) is 12.4 Å². The summed E-state index contributed by atoms with van der Waals surface area (Å²) in [5.74, 6) is 1.69. The number of carbonyl (C=O) groups is 1. The molecule has 0 saturated heterocycles. The van der Waals surface area contributed by atoms with Crippen LogP contribution in [-0.4, -0.2) is 26.1 Å². The highest BCUT2D eigenvalue weighted by Gasteiger charge is 2.21. The van der Waals surface area contributed by atoms with E-state index in [1.165, 1.54) is 12.8 Å². The molecular weight excluding hydrogens is 276 g/mol. The standard InChI is InChI=1S/C15H22N2O2.ClH/c1-16-10-2-3-15(18)17-13-6-8-14(9-7-13)19-11-12-4-5-12;/h6-9,12,16H,2-5,10-11H2,1H3,(H,17,18);1H. The minimum atomic E-state index is 0. The largest absolute Gasteiger partial charge is 0.493 e. The lowest BCUT2D eigenvalue weighted by Gasteiger charge is -2.08. The van der Waals surface area contributed by atoms with E-state index in [-0.39, 0.29) is 18.3 Å². The lowest BCUT2D eigenvalue weighted by Crippen LogP contribution is -2.15. The Balaban J connectivity index is 0.00000200. The van der Waals surface area contributed by atoms with Gasteiger partial charge in [-0.25, -0.2) is 0 Å². The number of anilines is 1.